The first-order chi connectivity index (χ1) is 9.60. The van der Waals surface area contributed by atoms with Crippen LogP contribution in [0.25, 0.3) is 0 Å². The number of aliphatic hydroxyl groups is 1. The maximum atomic E-state index is 11.2. The molecule has 0 heterocycles. The van der Waals surface area contributed by atoms with Crippen molar-refractivity contribution in [2.75, 3.05) is 13.2 Å². The molecule has 0 atom stereocenters. The Balaban J connectivity index is 3.60. The number of terminal acetylenes is 2. The molecular formula is C15H20O5. The first-order valence-electron chi connectivity index (χ1n) is 6.46. The minimum atomic E-state index is -1.02. The van der Waals surface area contributed by atoms with E-state index in [0.29, 0.717) is 25.7 Å². The Bertz CT molecular complexity index is 339. The summed E-state index contributed by atoms with van der Waals surface area (Å²) in [4.78, 5) is 22.4. The van der Waals surface area contributed by atoms with Crippen LogP contribution in [0.1, 0.15) is 38.5 Å². The molecule has 0 aromatic heterocycles. The Labute approximate surface area is 119 Å². The maximum absolute atomic E-state index is 11.2. The molecule has 0 rings (SSSR count). The van der Waals surface area contributed by atoms with Gasteiger partial charge in [0.15, 0.2) is 0 Å². The molecule has 5 heteroatoms. The Morgan fingerprint density at radius 1 is 0.950 bits per heavy atom. The van der Waals surface area contributed by atoms with Crippen LogP contribution in [0.3, 0.4) is 0 Å². The summed E-state index contributed by atoms with van der Waals surface area (Å²) in [6, 6.07) is 0. The van der Waals surface area contributed by atoms with E-state index in [1.807, 2.05) is 0 Å². The zero-order valence-electron chi connectivity index (χ0n) is 11.5. The highest BCUT2D eigenvalue weighted by atomic mass is 16.6. The van der Waals surface area contributed by atoms with Crippen molar-refractivity contribution in [3.63, 3.8) is 0 Å². The molecule has 0 aliphatic heterocycles. The number of unbranched alkanes of at least 4 members (excludes halogenated alkanes) is 2. The monoisotopic (exact) mass is 280 g/mol. The largest absolute Gasteiger partial charge is 0.463 e. The first kappa shape index (κ1) is 18.0. The Morgan fingerprint density at radius 3 is 1.70 bits per heavy atom. The Hall–Kier alpha value is -1.98. The van der Waals surface area contributed by atoms with Gasteiger partial charge in [-0.1, -0.05) is 0 Å². The summed E-state index contributed by atoms with van der Waals surface area (Å²) in [5, 5.41) is 9.47. The lowest BCUT2D eigenvalue weighted by Crippen LogP contribution is -2.25. The second kappa shape index (κ2) is 12.1. The summed E-state index contributed by atoms with van der Waals surface area (Å²) in [6.45, 7) is -0.404. The second-order valence-electron chi connectivity index (χ2n) is 4.14. The number of hydrogen-bond acceptors (Lipinski definition) is 5. The van der Waals surface area contributed by atoms with Gasteiger partial charge >= 0.3 is 11.9 Å². The molecule has 0 fully saturated rings. The van der Waals surface area contributed by atoms with Crippen LogP contribution in [-0.4, -0.2) is 36.4 Å². The molecule has 110 valence electrons. The number of ether oxygens (including phenoxy) is 2. The van der Waals surface area contributed by atoms with E-state index >= 15 is 0 Å². The van der Waals surface area contributed by atoms with Crippen LogP contribution in [0.5, 0.6) is 0 Å². The normalized spacial score (nSPS) is 9.60. The van der Waals surface area contributed by atoms with E-state index in [1.165, 1.54) is 0 Å². The van der Waals surface area contributed by atoms with Gasteiger partial charge in [-0.2, -0.15) is 0 Å². The molecule has 20 heavy (non-hydrogen) atoms. The molecule has 0 aliphatic rings. The van der Waals surface area contributed by atoms with Gasteiger partial charge in [-0.05, 0) is 12.8 Å². The van der Waals surface area contributed by atoms with Crippen LogP contribution < -0.4 is 0 Å². The molecule has 0 saturated carbocycles. The van der Waals surface area contributed by atoms with Gasteiger partial charge in [0.05, 0.1) is 0 Å². The summed E-state index contributed by atoms with van der Waals surface area (Å²) < 4.78 is 9.61. The summed E-state index contributed by atoms with van der Waals surface area (Å²) in [5.74, 6) is 3.97. The van der Waals surface area contributed by atoms with Crippen LogP contribution in [0.15, 0.2) is 0 Å². The molecule has 5 nitrogen and oxygen atoms in total. The number of carbonyl (C=O) groups excluding carboxylic acids is 2. The minimum Gasteiger partial charge on any atom is -0.463 e. The Kier molecular flexibility index (Phi) is 10.9. The average Bonchev–Trinajstić information content (AvgIpc) is 2.43. The van der Waals surface area contributed by atoms with Crippen molar-refractivity contribution in [2.24, 2.45) is 0 Å². The highest BCUT2D eigenvalue weighted by Gasteiger charge is 2.11. The number of carbonyl (C=O) groups is 2. The van der Waals surface area contributed by atoms with Crippen molar-refractivity contribution >= 4 is 11.9 Å². The van der Waals surface area contributed by atoms with Gasteiger partial charge < -0.3 is 14.6 Å². The molecule has 0 aromatic carbocycles. The van der Waals surface area contributed by atoms with Crippen molar-refractivity contribution in [1.82, 2.24) is 0 Å². The van der Waals surface area contributed by atoms with Gasteiger partial charge in [0, 0.05) is 25.7 Å². The van der Waals surface area contributed by atoms with Gasteiger partial charge in [0.2, 0.25) is 0 Å². The van der Waals surface area contributed by atoms with Crippen LogP contribution in [0, 0.1) is 24.7 Å². The van der Waals surface area contributed by atoms with Crippen LogP contribution >= 0.6 is 0 Å². The lowest BCUT2D eigenvalue weighted by atomic mass is 10.2. The minimum absolute atomic E-state index is 0.202. The zero-order chi connectivity index (χ0) is 15.2. The molecule has 0 aromatic rings. The quantitative estimate of drug-likeness (QED) is 0.368. The van der Waals surface area contributed by atoms with Gasteiger partial charge in [-0.15, -0.1) is 24.7 Å². The van der Waals surface area contributed by atoms with E-state index in [-0.39, 0.29) is 26.1 Å². The van der Waals surface area contributed by atoms with Crippen molar-refractivity contribution in [3.8, 4) is 24.7 Å². The van der Waals surface area contributed by atoms with Crippen LogP contribution in [-0.2, 0) is 19.1 Å². The zero-order valence-corrected chi connectivity index (χ0v) is 11.5. The third-order valence-electron chi connectivity index (χ3n) is 2.28. The molecule has 0 unspecified atom stereocenters. The molecule has 0 spiro atoms. The topological polar surface area (TPSA) is 72.8 Å². The van der Waals surface area contributed by atoms with Gasteiger partial charge in [-0.25, -0.2) is 0 Å². The summed E-state index contributed by atoms with van der Waals surface area (Å²) >= 11 is 0. The lowest BCUT2D eigenvalue weighted by Gasteiger charge is -2.11. The fourth-order valence-electron chi connectivity index (χ4n) is 1.24. The van der Waals surface area contributed by atoms with Crippen molar-refractivity contribution < 1.29 is 24.2 Å². The number of hydrogen-bond donors (Lipinski definition) is 1. The molecule has 0 amide bonds. The molecule has 0 radical (unpaired) electrons. The van der Waals surface area contributed by atoms with Crippen molar-refractivity contribution in [3.05, 3.63) is 0 Å². The summed E-state index contributed by atoms with van der Waals surface area (Å²) in [6.07, 6.45) is 11.6. The standard InChI is InChI=1S/C15H20O5/c1-3-5-7-9-14(17)19-11-13(16)12-20-15(18)10-8-6-4-2/h1-2,13,16H,5-12H2. The van der Waals surface area contributed by atoms with Crippen molar-refractivity contribution in [1.29, 1.82) is 0 Å². The van der Waals surface area contributed by atoms with E-state index in [2.05, 4.69) is 11.8 Å². The summed E-state index contributed by atoms with van der Waals surface area (Å²) in [7, 11) is 0. The average molecular weight is 280 g/mol. The molecule has 0 saturated heterocycles. The number of rotatable bonds is 10. The van der Waals surface area contributed by atoms with E-state index in [4.69, 9.17) is 22.3 Å². The number of aliphatic hydroxyl groups excluding tert-OH is 1. The fourth-order valence-corrected chi connectivity index (χ4v) is 1.24. The predicted octanol–water partition coefficient (Wildman–Crippen LogP) is 1.04. The third-order valence-corrected chi connectivity index (χ3v) is 2.28. The smallest absolute Gasteiger partial charge is 0.305 e. The highest BCUT2D eigenvalue weighted by Crippen LogP contribution is 2.00. The van der Waals surface area contributed by atoms with Gasteiger partial charge in [0.25, 0.3) is 0 Å². The van der Waals surface area contributed by atoms with E-state index < -0.39 is 18.0 Å². The van der Waals surface area contributed by atoms with Crippen LogP contribution in [0.2, 0.25) is 0 Å². The third kappa shape index (κ3) is 11.1. The van der Waals surface area contributed by atoms with E-state index in [9.17, 15) is 14.7 Å². The fraction of sp³-hybridized carbons (Fsp3) is 0.600. The highest BCUT2D eigenvalue weighted by molar-refractivity contribution is 5.69. The molecule has 0 aliphatic carbocycles. The molecular weight excluding hydrogens is 260 g/mol. The predicted molar refractivity (Wildman–Crippen MR) is 73.3 cm³/mol. The number of esters is 2. The van der Waals surface area contributed by atoms with Crippen molar-refractivity contribution in [2.45, 2.75) is 44.6 Å². The molecule has 0 bridgehead atoms. The van der Waals surface area contributed by atoms with Crippen LogP contribution in [0.4, 0.5) is 0 Å². The lowest BCUT2D eigenvalue weighted by molar-refractivity contribution is -0.152. The maximum Gasteiger partial charge on any atom is 0.305 e. The van der Waals surface area contributed by atoms with E-state index in [0.717, 1.165) is 0 Å². The van der Waals surface area contributed by atoms with Gasteiger partial charge in [-0.3, -0.25) is 9.59 Å². The van der Waals surface area contributed by atoms with Gasteiger partial charge in [0.1, 0.15) is 19.3 Å². The summed E-state index contributed by atoms with van der Waals surface area (Å²) in [5.41, 5.74) is 0. The SMILES string of the molecule is C#CCCCC(=O)OCC(O)COC(=O)CCCC#C. The Morgan fingerprint density at radius 2 is 1.35 bits per heavy atom. The molecule has 1 N–H and O–H groups in total. The second-order valence-corrected chi connectivity index (χ2v) is 4.14. The van der Waals surface area contributed by atoms with E-state index in [1.54, 1.807) is 0 Å². The first-order valence-corrected chi connectivity index (χ1v) is 6.46.